The molecule has 7 heteroatoms. The highest BCUT2D eigenvalue weighted by molar-refractivity contribution is 5.97. The Bertz CT molecular complexity index is 488. The van der Waals surface area contributed by atoms with E-state index < -0.39 is 24.0 Å². The van der Waals surface area contributed by atoms with E-state index in [1.54, 1.807) is 13.0 Å². The lowest BCUT2D eigenvalue weighted by atomic mass is 10.1. The van der Waals surface area contributed by atoms with Crippen LogP contribution in [0.15, 0.2) is 6.07 Å². The van der Waals surface area contributed by atoms with E-state index in [4.69, 9.17) is 5.11 Å². The summed E-state index contributed by atoms with van der Waals surface area (Å²) in [6, 6.07) is 0.188. The molecule has 0 fully saturated rings. The van der Waals surface area contributed by atoms with Crippen LogP contribution in [0.4, 0.5) is 0 Å². The first-order chi connectivity index (χ1) is 8.86. The maximum Gasteiger partial charge on any atom is 0.328 e. The largest absolute Gasteiger partial charge is 0.480 e. The lowest BCUT2D eigenvalue weighted by Gasteiger charge is -2.17. The molecule has 7 nitrogen and oxygen atoms in total. The van der Waals surface area contributed by atoms with Gasteiger partial charge < -0.3 is 15.5 Å². The molecule has 1 rings (SSSR count). The number of aryl methyl sites for hydroxylation is 2. The maximum absolute atomic E-state index is 12.0. The van der Waals surface area contributed by atoms with Gasteiger partial charge in [-0.2, -0.15) is 10.2 Å². The molecule has 0 radical (unpaired) electrons. The van der Waals surface area contributed by atoms with Crippen molar-refractivity contribution >= 4 is 11.9 Å². The average molecular weight is 267 g/mol. The second kappa shape index (κ2) is 6.24. The van der Waals surface area contributed by atoms with Crippen molar-refractivity contribution in [3.8, 4) is 0 Å². The number of aliphatic hydroxyl groups is 1. The van der Waals surface area contributed by atoms with Crippen LogP contribution in [-0.2, 0) is 11.2 Å². The van der Waals surface area contributed by atoms with Crippen molar-refractivity contribution in [2.75, 3.05) is 0 Å². The van der Waals surface area contributed by atoms with Gasteiger partial charge in [-0.25, -0.2) is 4.79 Å². The summed E-state index contributed by atoms with van der Waals surface area (Å²) < 4.78 is 0. The molecule has 0 bridgehead atoms. The van der Waals surface area contributed by atoms with Crippen molar-refractivity contribution in [1.82, 2.24) is 15.5 Å². The van der Waals surface area contributed by atoms with Crippen molar-refractivity contribution in [1.29, 1.82) is 0 Å². The number of amides is 1. The van der Waals surface area contributed by atoms with Crippen LogP contribution in [0.3, 0.4) is 0 Å². The monoisotopic (exact) mass is 267 g/mol. The molecule has 0 aliphatic carbocycles. The minimum Gasteiger partial charge on any atom is -0.480 e. The number of hydrogen-bond acceptors (Lipinski definition) is 5. The van der Waals surface area contributed by atoms with Crippen molar-refractivity contribution < 1.29 is 19.8 Å². The van der Waals surface area contributed by atoms with Crippen LogP contribution in [0.5, 0.6) is 0 Å². The maximum atomic E-state index is 12.0. The molecular weight excluding hydrogens is 250 g/mol. The van der Waals surface area contributed by atoms with Crippen molar-refractivity contribution in [2.45, 2.75) is 39.3 Å². The predicted molar refractivity (Wildman–Crippen MR) is 66.7 cm³/mol. The second-order valence-corrected chi connectivity index (χ2v) is 4.23. The Morgan fingerprint density at radius 1 is 1.42 bits per heavy atom. The molecule has 0 aliphatic rings. The highest BCUT2D eigenvalue weighted by Crippen LogP contribution is 2.08. The number of rotatable bonds is 5. The Morgan fingerprint density at radius 2 is 2.05 bits per heavy atom. The normalized spacial score (nSPS) is 13.7. The Hall–Kier alpha value is -2.02. The van der Waals surface area contributed by atoms with E-state index in [0.29, 0.717) is 17.8 Å². The van der Waals surface area contributed by atoms with E-state index in [2.05, 4.69) is 15.5 Å². The van der Waals surface area contributed by atoms with Crippen LogP contribution in [-0.4, -0.2) is 44.4 Å². The van der Waals surface area contributed by atoms with Crippen LogP contribution < -0.4 is 5.32 Å². The number of carbonyl (C=O) groups is 2. The fourth-order valence-electron chi connectivity index (χ4n) is 1.58. The molecule has 0 aliphatic heterocycles. The lowest BCUT2D eigenvalue weighted by Crippen LogP contribution is -2.47. The molecule has 1 heterocycles. The minimum atomic E-state index is -1.36. The topological polar surface area (TPSA) is 112 Å². The van der Waals surface area contributed by atoms with E-state index in [0.717, 1.165) is 0 Å². The summed E-state index contributed by atoms with van der Waals surface area (Å²) in [7, 11) is 0. The highest BCUT2D eigenvalue weighted by Gasteiger charge is 2.26. The van der Waals surface area contributed by atoms with Crippen molar-refractivity contribution in [2.24, 2.45) is 0 Å². The molecule has 2 atom stereocenters. The van der Waals surface area contributed by atoms with Gasteiger partial charge in [-0.1, -0.05) is 6.92 Å². The number of nitrogens with zero attached hydrogens (tertiary/aromatic N) is 2. The number of aliphatic hydroxyl groups excluding tert-OH is 1. The summed E-state index contributed by atoms with van der Waals surface area (Å²) in [6.45, 7) is 4.81. The zero-order valence-electron chi connectivity index (χ0n) is 11.0. The van der Waals surface area contributed by atoms with Gasteiger partial charge in [0, 0.05) is 0 Å². The quantitative estimate of drug-likeness (QED) is 0.687. The zero-order chi connectivity index (χ0) is 14.6. The third-order valence-electron chi connectivity index (χ3n) is 2.61. The second-order valence-electron chi connectivity index (χ2n) is 4.23. The summed E-state index contributed by atoms with van der Waals surface area (Å²) in [5.41, 5.74) is 1.33. The molecule has 3 N–H and O–H groups in total. The number of carbonyl (C=O) groups excluding carboxylic acids is 1. The van der Waals surface area contributed by atoms with Crippen LogP contribution in [0, 0.1) is 6.92 Å². The van der Waals surface area contributed by atoms with Crippen molar-refractivity contribution in [3.63, 3.8) is 0 Å². The fourth-order valence-corrected chi connectivity index (χ4v) is 1.58. The summed E-state index contributed by atoms with van der Waals surface area (Å²) in [5.74, 6) is -1.87. The first kappa shape index (κ1) is 15.0. The third kappa shape index (κ3) is 3.72. The fraction of sp³-hybridized carbons (Fsp3) is 0.500. The first-order valence-corrected chi connectivity index (χ1v) is 5.91. The number of carboxylic acid groups (broad SMARTS) is 1. The number of hydrogen-bond donors (Lipinski definition) is 3. The molecule has 104 valence electrons. The first-order valence-electron chi connectivity index (χ1n) is 5.91. The van der Waals surface area contributed by atoms with Gasteiger partial charge in [-0.3, -0.25) is 4.79 Å². The zero-order valence-corrected chi connectivity index (χ0v) is 11.0. The molecule has 0 aromatic carbocycles. The van der Waals surface area contributed by atoms with Gasteiger partial charge in [0.05, 0.1) is 23.1 Å². The van der Waals surface area contributed by atoms with Gasteiger partial charge in [-0.15, -0.1) is 0 Å². The number of carboxylic acids is 1. The van der Waals surface area contributed by atoms with E-state index in [1.165, 1.54) is 6.92 Å². The molecule has 0 saturated heterocycles. The molecule has 0 spiro atoms. The van der Waals surface area contributed by atoms with Gasteiger partial charge in [0.15, 0.2) is 6.04 Å². The summed E-state index contributed by atoms with van der Waals surface area (Å²) >= 11 is 0. The smallest absolute Gasteiger partial charge is 0.328 e. The number of aliphatic carboxylic acids is 1. The molecular formula is C12H17N3O4. The molecule has 1 amide bonds. The average Bonchev–Trinajstić information content (AvgIpc) is 2.34. The van der Waals surface area contributed by atoms with Crippen LogP contribution in [0.2, 0.25) is 0 Å². The standard InChI is InChI=1S/C12H17N3O4/c1-4-9-8(5-6(2)14-15-9)11(17)13-10(7(3)16)12(18)19/h5,7,10,16H,4H2,1-3H3,(H,13,17)(H,18,19)/t7-,10+/m1/s1. The number of aromatic nitrogens is 2. The van der Waals surface area contributed by atoms with Gasteiger partial charge >= 0.3 is 5.97 Å². The van der Waals surface area contributed by atoms with Gasteiger partial charge in [0.2, 0.25) is 0 Å². The van der Waals surface area contributed by atoms with Gasteiger partial charge in [0.25, 0.3) is 5.91 Å². The lowest BCUT2D eigenvalue weighted by molar-refractivity contribution is -0.141. The van der Waals surface area contributed by atoms with Gasteiger partial charge in [-0.05, 0) is 26.3 Å². The van der Waals surface area contributed by atoms with E-state index in [1.807, 2.05) is 6.92 Å². The Labute approximate surface area is 110 Å². The van der Waals surface area contributed by atoms with Crippen LogP contribution in [0.1, 0.15) is 35.6 Å². The summed E-state index contributed by atoms with van der Waals surface area (Å²) in [5, 5.41) is 28.3. The van der Waals surface area contributed by atoms with E-state index in [9.17, 15) is 14.7 Å². The highest BCUT2D eigenvalue weighted by atomic mass is 16.4. The predicted octanol–water partition coefficient (Wildman–Crippen LogP) is -0.0888. The summed E-state index contributed by atoms with van der Waals surface area (Å²) in [6.07, 6.45) is -0.690. The minimum absolute atomic E-state index is 0.280. The third-order valence-corrected chi connectivity index (χ3v) is 2.61. The Kier molecular flexibility index (Phi) is 4.94. The molecule has 1 aromatic rings. The molecule has 0 unspecified atom stereocenters. The van der Waals surface area contributed by atoms with Crippen molar-refractivity contribution in [3.05, 3.63) is 23.0 Å². The van der Waals surface area contributed by atoms with E-state index in [-0.39, 0.29) is 5.56 Å². The molecule has 0 saturated carbocycles. The van der Waals surface area contributed by atoms with Gasteiger partial charge in [0.1, 0.15) is 0 Å². The Morgan fingerprint density at radius 3 is 2.53 bits per heavy atom. The van der Waals surface area contributed by atoms with Crippen LogP contribution >= 0.6 is 0 Å². The molecule has 19 heavy (non-hydrogen) atoms. The van der Waals surface area contributed by atoms with E-state index >= 15 is 0 Å². The van der Waals surface area contributed by atoms with Crippen LogP contribution in [0.25, 0.3) is 0 Å². The number of nitrogens with one attached hydrogen (secondary N) is 1. The molecule has 1 aromatic heterocycles. The summed E-state index contributed by atoms with van der Waals surface area (Å²) in [4.78, 5) is 23.0. The Balaban J connectivity index is 3.00. The SMILES string of the molecule is CCc1nnc(C)cc1C(=O)N[C@H](C(=O)O)[C@@H](C)O.